The summed E-state index contributed by atoms with van der Waals surface area (Å²) >= 11 is 0. The zero-order valence-electron chi connectivity index (χ0n) is 16.0. The molecule has 0 amide bonds. The van der Waals surface area contributed by atoms with Crippen LogP contribution in [0.4, 0.5) is 23.0 Å². The smallest absolute Gasteiger partial charge is 0.353 e. The monoisotopic (exact) mass is 393 g/mol. The van der Waals surface area contributed by atoms with Crippen LogP contribution in [0, 0.1) is 10.1 Å². The summed E-state index contributed by atoms with van der Waals surface area (Å²) in [4.78, 5) is 26.3. The Morgan fingerprint density at radius 3 is 2.69 bits per heavy atom. The van der Waals surface area contributed by atoms with Crippen LogP contribution in [0.2, 0.25) is 0 Å². The van der Waals surface area contributed by atoms with Crippen molar-refractivity contribution in [2.24, 2.45) is 0 Å². The molecular formula is C20H23N7O2. The minimum Gasteiger partial charge on any atom is -0.363 e. The molecule has 0 saturated carbocycles. The van der Waals surface area contributed by atoms with Crippen LogP contribution in [0.15, 0.2) is 42.9 Å². The molecule has 2 N–H and O–H groups in total. The summed E-state index contributed by atoms with van der Waals surface area (Å²) < 4.78 is 0. The molecule has 150 valence electrons. The van der Waals surface area contributed by atoms with Gasteiger partial charge in [0.15, 0.2) is 0 Å². The normalized spacial score (nSPS) is 14.6. The first kappa shape index (κ1) is 19.0. The molecule has 1 aliphatic heterocycles. The maximum atomic E-state index is 11.8. The van der Waals surface area contributed by atoms with E-state index in [9.17, 15) is 10.1 Å². The average Bonchev–Trinajstić information content (AvgIpc) is 2.75. The highest BCUT2D eigenvalue weighted by molar-refractivity contribution is 5.93. The molecule has 3 aromatic rings. The van der Waals surface area contributed by atoms with Crippen LogP contribution in [-0.2, 0) is 0 Å². The number of anilines is 3. The lowest BCUT2D eigenvalue weighted by molar-refractivity contribution is -0.383. The summed E-state index contributed by atoms with van der Waals surface area (Å²) in [5.41, 5.74) is 1.35. The van der Waals surface area contributed by atoms with Crippen molar-refractivity contribution in [2.45, 2.75) is 19.3 Å². The standard InChI is InChI=1S/C20H23N7O2/c28-27(29)18-19(22-10-13-26-11-2-1-3-12-26)23-14-24-20(18)25-17-8-4-7-16-15(17)6-5-9-21-16/h4-9,14H,1-3,10-13H2,(H2,22,23,24,25). The summed E-state index contributed by atoms with van der Waals surface area (Å²) in [6.07, 6.45) is 6.74. The number of pyridine rings is 1. The van der Waals surface area contributed by atoms with E-state index in [4.69, 9.17) is 0 Å². The molecule has 9 heteroatoms. The molecule has 1 aromatic carbocycles. The van der Waals surface area contributed by atoms with Crippen molar-refractivity contribution in [3.63, 3.8) is 0 Å². The molecule has 0 aliphatic carbocycles. The first-order valence-electron chi connectivity index (χ1n) is 9.79. The fraction of sp³-hybridized carbons (Fsp3) is 0.350. The zero-order chi connectivity index (χ0) is 20.1. The number of nitrogens with zero attached hydrogens (tertiary/aromatic N) is 5. The SMILES string of the molecule is O=[N+]([O-])c1c(NCCN2CCCCC2)ncnc1Nc1cccc2ncccc12. The van der Waals surface area contributed by atoms with Crippen LogP contribution in [0.25, 0.3) is 10.9 Å². The van der Waals surface area contributed by atoms with E-state index in [0.29, 0.717) is 12.2 Å². The van der Waals surface area contributed by atoms with Gasteiger partial charge in [-0.25, -0.2) is 9.97 Å². The van der Waals surface area contributed by atoms with Crippen molar-refractivity contribution in [1.82, 2.24) is 19.9 Å². The van der Waals surface area contributed by atoms with E-state index in [1.54, 1.807) is 6.20 Å². The average molecular weight is 393 g/mol. The second-order valence-corrected chi connectivity index (χ2v) is 7.01. The fourth-order valence-electron chi connectivity index (χ4n) is 3.63. The van der Waals surface area contributed by atoms with Gasteiger partial charge in [0.2, 0.25) is 11.6 Å². The largest absolute Gasteiger partial charge is 0.363 e. The molecule has 0 bridgehead atoms. The minimum absolute atomic E-state index is 0.154. The maximum absolute atomic E-state index is 11.8. The van der Waals surface area contributed by atoms with E-state index in [1.165, 1.54) is 25.6 Å². The highest BCUT2D eigenvalue weighted by Crippen LogP contribution is 2.33. The second-order valence-electron chi connectivity index (χ2n) is 7.01. The van der Waals surface area contributed by atoms with E-state index in [2.05, 4.69) is 30.5 Å². The molecule has 0 radical (unpaired) electrons. The number of hydrogen-bond acceptors (Lipinski definition) is 8. The number of rotatable bonds is 7. The highest BCUT2D eigenvalue weighted by Gasteiger charge is 2.23. The van der Waals surface area contributed by atoms with Gasteiger partial charge in [-0.15, -0.1) is 0 Å². The lowest BCUT2D eigenvalue weighted by atomic mass is 10.1. The summed E-state index contributed by atoms with van der Waals surface area (Å²) in [6, 6.07) is 9.33. The first-order valence-corrected chi connectivity index (χ1v) is 9.79. The Hall–Kier alpha value is -3.33. The minimum atomic E-state index is -0.449. The summed E-state index contributed by atoms with van der Waals surface area (Å²) in [6.45, 7) is 3.58. The molecule has 4 rings (SSSR count). The number of hydrogen-bond donors (Lipinski definition) is 2. The Balaban J connectivity index is 1.55. The van der Waals surface area contributed by atoms with Crippen LogP contribution in [0.5, 0.6) is 0 Å². The summed E-state index contributed by atoms with van der Waals surface area (Å²) in [7, 11) is 0. The van der Waals surface area contributed by atoms with Gasteiger partial charge in [-0.2, -0.15) is 0 Å². The van der Waals surface area contributed by atoms with Crippen LogP contribution in [0.1, 0.15) is 19.3 Å². The number of benzene rings is 1. The third kappa shape index (κ3) is 4.40. The number of nitro groups is 1. The zero-order valence-corrected chi connectivity index (χ0v) is 16.0. The van der Waals surface area contributed by atoms with Gasteiger partial charge in [-0.05, 0) is 50.2 Å². The lowest BCUT2D eigenvalue weighted by Crippen LogP contribution is -2.33. The van der Waals surface area contributed by atoms with E-state index >= 15 is 0 Å². The molecule has 1 saturated heterocycles. The third-order valence-corrected chi connectivity index (χ3v) is 5.07. The molecule has 2 aromatic heterocycles. The molecule has 0 spiro atoms. The molecule has 3 heterocycles. The Labute approximate surface area is 168 Å². The maximum Gasteiger partial charge on any atom is 0.353 e. The number of likely N-dealkylation sites (tertiary alicyclic amines) is 1. The molecule has 1 fully saturated rings. The van der Waals surface area contributed by atoms with Crippen LogP contribution >= 0.6 is 0 Å². The number of aromatic nitrogens is 3. The predicted molar refractivity (Wildman–Crippen MR) is 112 cm³/mol. The Kier molecular flexibility index (Phi) is 5.76. The molecule has 9 nitrogen and oxygen atoms in total. The van der Waals surface area contributed by atoms with E-state index < -0.39 is 4.92 Å². The van der Waals surface area contributed by atoms with E-state index in [1.807, 2.05) is 30.3 Å². The third-order valence-electron chi connectivity index (χ3n) is 5.07. The number of piperidine rings is 1. The van der Waals surface area contributed by atoms with E-state index in [-0.39, 0.29) is 17.3 Å². The first-order chi connectivity index (χ1) is 14.2. The van der Waals surface area contributed by atoms with E-state index in [0.717, 1.165) is 30.5 Å². The van der Waals surface area contributed by atoms with Gasteiger partial charge in [0.25, 0.3) is 0 Å². The summed E-state index contributed by atoms with van der Waals surface area (Å²) in [5, 5.41) is 18.9. The van der Waals surface area contributed by atoms with Gasteiger partial charge in [-0.3, -0.25) is 15.1 Å². The molecule has 0 unspecified atom stereocenters. The predicted octanol–water partition coefficient (Wildman–Crippen LogP) is 3.57. The summed E-state index contributed by atoms with van der Waals surface area (Å²) in [5.74, 6) is 0.379. The van der Waals surface area contributed by atoms with Crippen LogP contribution in [0.3, 0.4) is 0 Å². The van der Waals surface area contributed by atoms with Gasteiger partial charge >= 0.3 is 5.69 Å². The van der Waals surface area contributed by atoms with Gasteiger partial charge in [0.05, 0.1) is 10.4 Å². The fourth-order valence-corrected chi connectivity index (χ4v) is 3.63. The van der Waals surface area contributed by atoms with Crippen molar-refractivity contribution < 1.29 is 4.92 Å². The van der Waals surface area contributed by atoms with Gasteiger partial charge < -0.3 is 15.5 Å². The van der Waals surface area contributed by atoms with Crippen molar-refractivity contribution >= 4 is 33.9 Å². The number of nitrogens with one attached hydrogen (secondary N) is 2. The van der Waals surface area contributed by atoms with Crippen molar-refractivity contribution in [1.29, 1.82) is 0 Å². The van der Waals surface area contributed by atoms with Crippen LogP contribution in [-0.4, -0.2) is 51.0 Å². The Morgan fingerprint density at radius 1 is 1.03 bits per heavy atom. The van der Waals surface area contributed by atoms with Gasteiger partial charge in [0, 0.05) is 30.4 Å². The quantitative estimate of drug-likeness (QED) is 0.463. The Bertz CT molecular complexity index is 1000. The molecule has 0 atom stereocenters. The van der Waals surface area contributed by atoms with Crippen molar-refractivity contribution in [3.8, 4) is 0 Å². The number of fused-ring (bicyclic) bond motifs is 1. The topological polar surface area (TPSA) is 109 Å². The van der Waals surface area contributed by atoms with Crippen molar-refractivity contribution in [2.75, 3.05) is 36.8 Å². The lowest BCUT2D eigenvalue weighted by Gasteiger charge is -2.26. The Morgan fingerprint density at radius 2 is 1.86 bits per heavy atom. The second kappa shape index (κ2) is 8.78. The highest BCUT2D eigenvalue weighted by atomic mass is 16.6. The van der Waals surface area contributed by atoms with Gasteiger partial charge in [0.1, 0.15) is 6.33 Å². The van der Waals surface area contributed by atoms with Crippen molar-refractivity contribution in [3.05, 3.63) is 53.0 Å². The molecule has 29 heavy (non-hydrogen) atoms. The molecule has 1 aliphatic rings. The van der Waals surface area contributed by atoms with Gasteiger partial charge in [-0.1, -0.05) is 12.5 Å². The van der Waals surface area contributed by atoms with Crippen LogP contribution < -0.4 is 10.6 Å². The molecular weight excluding hydrogens is 370 g/mol.